The molecule has 0 saturated heterocycles. The molecule has 1 rings (SSSR count). The zero-order valence-corrected chi connectivity index (χ0v) is 11.7. The van der Waals surface area contributed by atoms with Gasteiger partial charge in [0.05, 0.1) is 15.7 Å². The Morgan fingerprint density at radius 2 is 1.76 bits per heavy atom. The van der Waals surface area contributed by atoms with Crippen LogP contribution in [0.5, 0.6) is 0 Å². The summed E-state index contributed by atoms with van der Waals surface area (Å²) in [5.41, 5.74) is -0.0796. The lowest BCUT2D eigenvalue weighted by atomic mass is 10.3. The lowest BCUT2D eigenvalue weighted by molar-refractivity contribution is -0.115. The minimum absolute atomic E-state index is 0.0568. The average molecular weight is 317 g/mol. The van der Waals surface area contributed by atoms with Gasteiger partial charge in [-0.15, -0.1) is 11.6 Å². The highest BCUT2D eigenvalue weighted by Gasteiger charge is 2.29. The fraction of sp³-hybridized carbons (Fsp3) is 0.222. The van der Waals surface area contributed by atoms with Crippen LogP contribution in [0.1, 0.15) is 6.92 Å². The molecule has 0 unspecified atom stereocenters. The van der Waals surface area contributed by atoms with Crippen molar-refractivity contribution in [2.45, 2.75) is 6.92 Å². The molecule has 0 atom stereocenters. The Labute approximate surface area is 114 Å². The number of amides is 1. The van der Waals surface area contributed by atoms with Gasteiger partial charge in [0, 0.05) is 6.92 Å². The molecule has 0 aliphatic carbocycles. The third-order valence-corrected chi connectivity index (χ3v) is 4.55. The van der Waals surface area contributed by atoms with Crippen molar-refractivity contribution >= 4 is 56.4 Å². The lowest BCUT2D eigenvalue weighted by Crippen LogP contribution is -2.36. The van der Waals surface area contributed by atoms with Gasteiger partial charge in [0.1, 0.15) is 5.21 Å². The first-order valence-corrected chi connectivity index (χ1v) is 7.24. The second kappa shape index (κ2) is 5.44. The summed E-state index contributed by atoms with van der Waals surface area (Å²) in [4.78, 5) is 11.4. The molecule has 0 spiro atoms. The van der Waals surface area contributed by atoms with Gasteiger partial charge in [-0.25, -0.2) is 12.7 Å². The monoisotopic (exact) mass is 315 g/mol. The van der Waals surface area contributed by atoms with E-state index in [9.17, 15) is 13.2 Å². The van der Waals surface area contributed by atoms with Gasteiger partial charge in [-0.1, -0.05) is 29.3 Å². The van der Waals surface area contributed by atoms with Crippen LogP contribution in [-0.4, -0.2) is 19.5 Å². The van der Waals surface area contributed by atoms with Crippen LogP contribution in [0, 0.1) is 0 Å². The van der Waals surface area contributed by atoms with Crippen LogP contribution in [0.2, 0.25) is 10.0 Å². The molecular weight excluding hydrogens is 309 g/mol. The number of hydrogen-bond donors (Lipinski definition) is 0. The van der Waals surface area contributed by atoms with Crippen LogP contribution in [0.25, 0.3) is 0 Å². The molecule has 17 heavy (non-hydrogen) atoms. The average Bonchev–Trinajstić information content (AvgIpc) is 2.22. The highest BCUT2D eigenvalue weighted by molar-refractivity contribution is 7.94. The number of anilines is 1. The van der Waals surface area contributed by atoms with Gasteiger partial charge >= 0.3 is 0 Å². The van der Waals surface area contributed by atoms with E-state index in [1.54, 1.807) is 6.07 Å². The van der Waals surface area contributed by atoms with E-state index in [2.05, 4.69) is 0 Å². The number of benzene rings is 1. The number of nitrogens with zero attached hydrogens (tertiary/aromatic N) is 1. The topological polar surface area (TPSA) is 54.5 Å². The van der Waals surface area contributed by atoms with Crippen molar-refractivity contribution in [3.05, 3.63) is 28.2 Å². The Bertz CT molecular complexity index is 524. The fourth-order valence-corrected chi connectivity index (χ4v) is 3.15. The summed E-state index contributed by atoms with van der Waals surface area (Å²) in [5, 5.41) is -0.628. The normalized spacial score (nSPS) is 11.3. The summed E-state index contributed by atoms with van der Waals surface area (Å²) in [7, 11) is -3.98. The third kappa shape index (κ3) is 3.04. The zero-order valence-electron chi connectivity index (χ0n) is 8.65. The number of sulfonamides is 1. The predicted octanol–water partition coefficient (Wildman–Crippen LogP) is 2.87. The predicted molar refractivity (Wildman–Crippen MR) is 69.3 cm³/mol. The quantitative estimate of drug-likeness (QED) is 0.806. The summed E-state index contributed by atoms with van der Waals surface area (Å²) in [6, 6.07) is 4.41. The minimum Gasteiger partial charge on any atom is -0.274 e. The standard InChI is InChI=1S/C9H8Cl3NO3S/c1-6(14)13(17(15,16)5-10)9-7(11)3-2-4-8(9)12/h2-4H,5H2,1H3. The molecule has 0 aromatic heterocycles. The molecule has 0 radical (unpaired) electrons. The number of carbonyl (C=O) groups excluding carboxylic acids is 1. The van der Waals surface area contributed by atoms with Gasteiger partial charge in [0.25, 0.3) is 10.0 Å². The van der Waals surface area contributed by atoms with Crippen LogP contribution in [0.15, 0.2) is 18.2 Å². The van der Waals surface area contributed by atoms with Gasteiger partial charge < -0.3 is 0 Å². The number of rotatable bonds is 3. The van der Waals surface area contributed by atoms with Crippen molar-refractivity contribution in [3.63, 3.8) is 0 Å². The third-order valence-electron chi connectivity index (χ3n) is 1.84. The van der Waals surface area contributed by atoms with Gasteiger partial charge in [0.2, 0.25) is 5.91 Å². The second-order valence-electron chi connectivity index (χ2n) is 3.07. The Balaban J connectivity index is 3.50. The van der Waals surface area contributed by atoms with Crippen molar-refractivity contribution in [3.8, 4) is 0 Å². The maximum Gasteiger partial charge on any atom is 0.255 e. The first kappa shape index (κ1) is 14.6. The highest BCUT2D eigenvalue weighted by atomic mass is 35.5. The molecule has 0 aliphatic heterocycles. The SMILES string of the molecule is CC(=O)N(c1c(Cl)cccc1Cl)S(=O)(=O)CCl. The molecular formula is C9H8Cl3NO3S. The van der Waals surface area contributed by atoms with Crippen LogP contribution in [0.3, 0.4) is 0 Å². The first-order valence-electron chi connectivity index (χ1n) is 4.35. The Morgan fingerprint density at radius 3 is 2.12 bits per heavy atom. The molecule has 0 bridgehead atoms. The number of hydrogen-bond acceptors (Lipinski definition) is 3. The fourth-order valence-electron chi connectivity index (χ4n) is 1.22. The van der Waals surface area contributed by atoms with Crippen molar-refractivity contribution < 1.29 is 13.2 Å². The smallest absolute Gasteiger partial charge is 0.255 e. The molecule has 0 saturated carbocycles. The lowest BCUT2D eigenvalue weighted by Gasteiger charge is -2.21. The van der Waals surface area contributed by atoms with E-state index in [0.29, 0.717) is 4.31 Å². The number of alkyl halides is 1. The first-order chi connectivity index (χ1) is 7.81. The van der Waals surface area contributed by atoms with Crippen molar-refractivity contribution in [1.29, 1.82) is 0 Å². The zero-order chi connectivity index (χ0) is 13.2. The van der Waals surface area contributed by atoms with E-state index in [-0.39, 0.29) is 15.7 Å². The maximum absolute atomic E-state index is 11.7. The van der Waals surface area contributed by atoms with Crippen LogP contribution in [0.4, 0.5) is 5.69 Å². The van der Waals surface area contributed by atoms with E-state index in [1.165, 1.54) is 12.1 Å². The molecule has 0 N–H and O–H groups in total. The number of halogens is 3. The number of para-hydroxylation sites is 1. The summed E-state index contributed by atoms with van der Waals surface area (Å²) in [6.45, 7) is 1.09. The molecule has 0 fully saturated rings. The van der Waals surface area contributed by atoms with Crippen LogP contribution < -0.4 is 4.31 Å². The minimum atomic E-state index is -3.98. The van der Waals surface area contributed by atoms with E-state index >= 15 is 0 Å². The summed E-state index contributed by atoms with van der Waals surface area (Å²) in [5.74, 6) is -0.736. The Hall–Kier alpha value is -0.490. The van der Waals surface area contributed by atoms with Crippen molar-refractivity contribution in [2.75, 3.05) is 9.52 Å². The molecule has 1 aromatic rings. The van der Waals surface area contributed by atoms with Crippen LogP contribution >= 0.6 is 34.8 Å². The molecule has 0 heterocycles. The molecule has 1 aromatic carbocycles. The van der Waals surface area contributed by atoms with Gasteiger partial charge in [-0.2, -0.15) is 0 Å². The summed E-state index contributed by atoms with van der Waals surface area (Å²) in [6.07, 6.45) is 0. The largest absolute Gasteiger partial charge is 0.274 e. The van der Waals surface area contributed by atoms with Crippen LogP contribution in [-0.2, 0) is 14.8 Å². The van der Waals surface area contributed by atoms with E-state index < -0.39 is 21.1 Å². The van der Waals surface area contributed by atoms with Crippen molar-refractivity contribution in [1.82, 2.24) is 0 Å². The van der Waals surface area contributed by atoms with E-state index in [0.717, 1.165) is 6.92 Å². The van der Waals surface area contributed by atoms with Gasteiger partial charge in [-0.05, 0) is 12.1 Å². The molecule has 0 aliphatic rings. The second-order valence-corrected chi connectivity index (χ2v) is 6.29. The molecule has 4 nitrogen and oxygen atoms in total. The van der Waals surface area contributed by atoms with Gasteiger partial charge in [-0.3, -0.25) is 4.79 Å². The highest BCUT2D eigenvalue weighted by Crippen LogP contribution is 2.35. The Morgan fingerprint density at radius 1 is 1.29 bits per heavy atom. The Kier molecular flexibility index (Phi) is 4.66. The molecule has 8 heteroatoms. The van der Waals surface area contributed by atoms with E-state index in [4.69, 9.17) is 34.8 Å². The summed E-state index contributed by atoms with van der Waals surface area (Å²) < 4.78 is 23.9. The summed E-state index contributed by atoms with van der Waals surface area (Å²) >= 11 is 17.0. The number of carbonyl (C=O) groups is 1. The van der Waals surface area contributed by atoms with Gasteiger partial charge in [0.15, 0.2) is 0 Å². The van der Waals surface area contributed by atoms with Crippen molar-refractivity contribution in [2.24, 2.45) is 0 Å². The molecule has 94 valence electrons. The molecule has 1 amide bonds. The van der Waals surface area contributed by atoms with E-state index in [1.807, 2.05) is 0 Å². The maximum atomic E-state index is 11.7.